The molecule has 146 valence electrons. The molecule has 2 fully saturated rings. The van der Waals surface area contributed by atoms with E-state index in [0.29, 0.717) is 23.4 Å². The largest absolute Gasteiger partial charge is 0.381 e. The van der Waals surface area contributed by atoms with E-state index in [1.165, 1.54) is 23.1 Å². The van der Waals surface area contributed by atoms with Crippen molar-refractivity contribution in [3.05, 3.63) is 34.9 Å². The first-order valence-corrected chi connectivity index (χ1v) is 10.8. The minimum absolute atomic E-state index is 0.0569. The molecule has 27 heavy (non-hydrogen) atoms. The van der Waals surface area contributed by atoms with E-state index < -0.39 is 5.54 Å². The molecule has 0 bridgehead atoms. The third-order valence-corrected chi connectivity index (χ3v) is 7.45. The van der Waals surface area contributed by atoms with Crippen molar-refractivity contribution in [2.24, 2.45) is 11.3 Å². The SMILES string of the molecule is COC1CCC2(CC1)Cc1ccc(CCC(C)C)cc1C21NC(=S)CC1=O. The zero-order valence-electron chi connectivity index (χ0n) is 16.8. The quantitative estimate of drug-likeness (QED) is 0.775. The molecule has 2 aliphatic carbocycles. The fourth-order valence-corrected chi connectivity index (χ4v) is 5.98. The van der Waals surface area contributed by atoms with Crippen LogP contribution in [-0.4, -0.2) is 24.0 Å². The fourth-order valence-electron chi connectivity index (χ4n) is 5.70. The Bertz CT molecular complexity index is 764. The molecule has 1 atom stereocenters. The van der Waals surface area contributed by atoms with Gasteiger partial charge in [0.1, 0.15) is 5.54 Å². The molecule has 3 nitrogen and oxygen atoms in total. The van der Waals surface area contributed by atoms with Crippen molar-refractivity contribution < 1.29 is 9.53 Å². The van der Waals surface area contributed by atoms with Crippen molar-refractivity contribution in [1.29, 1.82) is 0 Å². The van der Waals surface area contributed by atoms with Gasteiger partial charge in [0, 0.05) is 12.5 Å². The summed E-state index contributed by atoms with van der Waals surface area (Å²) in [6.07, 6.45) is 8.01. The Kier molecular flexibility index (Phi) is 4.92. The van der Waals surface area contributed by atoms with Gasteiger partial charge in [-0.3, -0.25) is 4.79 Å². The first-order chi connectivity index (χ1) is 12.9. The molecule has 1 unspecified atom stereocenters. The lowest BCUT2D eigenvalue weighted by molar-refractivity contribution is -0.129. The van der Waals surface area contributed by atoms with Crippen molar-refractivity contribution in [2.75, 3.05) is 7.11 Å². The predicted molar refractivity (Wildman–Crippen MR) is 112 cm³/mol. The maximum absolute atomic E-state index is 13.4. The van der Waals surface area contributed by atoms with Crippen LogP contribution in [0.5, 0.6) is 0 Å². The maximum atomic E-state index is 13.4. The van der Waals surface area contributed by atoms with E-state index in [1.54, 1.807) is 7.11 Å². The van der Waals surface area contributed by atoms with Gasteiger partial charge in [0.2, 0.25) is 0 Å². The number of fused-ring (bicyclic) bond motifs is 3. The summed E-state index contributed by atoms with van der Waals surface area (Å²) in [6.45, 7) is 4.52. The van der Waals surface area contributed by atoms with Gasteiger partial charge < -0.3 is 10.1 Å². The van der Waals surface area contributed by atoms with Crippen LogP contribution in [0.1, 0.15) is 69.1 Å². The molecule has 4 heteroatoms. The smallest absolute Gasteiger partial charge is 0.170 e. The number of hydrogen-bond donors (Lipinski definition) is 1. The number of methoxy groups -OCH3 is 1. The Morgan fingerprint density at radius 1 is 1.30 bits per heavy atom. The molecular formula is C23H31NO2S. The zero-order valence-corrected chi connectivity index (χ0v) is 17.6. The summed E-state index contributed by atoms with van der Waals surface area (Å²) in [5, 5.41) is 3.56. The van der Waals surface area contributed by atoms with E-state index in [2.05, 4.69) is 37.4 Å². The molecule has 1 N–H and O–H groups in total. The van der Waals surface area contributed by atoms with Crippen LogP contribution in [-0.2, 0) is 27.9 Å². The van der Waals surface area contributed by atoms with Gasteiger partial charge >= 0.3 is 0 Å². The Morgan fingerprint density at radius 2 is 2.04 bits per heavy atom. The Hall–Kier alpha value is -1.26. The molecule has 2 spiro atoms. The van der Waals surface area contributed by atoms with E-state index in [1.807, 2.05) is 0 Å². The average molecular weight is 386 g/mol. The van der Waals surface area contributed by atoms with Crippen LogP contribution in [0.2, 0.25) is 0 Å². The topological polar surface area (TPSA) is 38.3 Å². The Labute approximate surface area is 168 Å². The van der Waals surface area contributed by atoms with Crippen molar-refractivity contribution in [2.45, 2.75) is 76.9 Å². The molecule has 1 heterocycles. The first-order valence-electron chi connectivity index (χ1n) is 10.4. The number of thiocarbonyl (C=S) groups is 1. The number of hydrogen-bond acceptors (Lipinski definition) is 3. The van der Waals surface area contributed by atoms with Gasteiger partial charge in [-0.25, -0.2) is 0 Å². The maximum Gasteiger partial charge on any atom is 0.170 e. The molecule has 4 rings (SSSR count). The predicted octanol–water partition coefficient (Wildman–Crippen LogP) is 4.49. The van der Waals surface area contributed by atoms with Crippen LogP contribution >= 0.6 is 12.2 Å². The summed E-state index contributed by atoms with van der Waals surface area (Å²) in [7, 11) is 1.80. The lowest BCUT2D eigenvalue weighted by Crippen LogP contribution is -2.56. The highest BCUT2D eigenvalue weighted by molar-refractivity contribution is 7.80. The fraction of sp³-hybridized carbons (Fsp3) is 0.652. The molecule has 1 saturated heterocycles. The Balaban J connectivity index is 1.75. The number of benzene rings is 1. The molecule has 0 radical (unpaired) electrons. The highest BCUT2D eigenvalue weighted by atomic mass is 32.1. The molecule has 1 aromatic carbocycles. The summed E-state index contributed by atoms with van der Waals surface area (Å²) in [6, 6.07) is 6.86. The molecular weight excluding hydrogens is 354 g/mol. The lowest BCUT2D eigenvalue weighted by atomic mass is 9.60. The number of carbonyl (C=O) groups excluding carboxylic acids is 1. The minimum Gasteiger partial charge on any atom is -0.381 e. The number of ketones is 1. The normalized spacial score (nSPS) is 32.5. The van der Waals surface area contributed by atoms with Gasteiger partial charge in [-0.05, 0) is 67.6 Å². The number of rotatable bonds is 4. The number of ether oxygens (including phenoxy) is 1. The second-order valence-electron chi connectivity index (χ2n) is 9.21. The van der Waals surface area contributed by atoms with E-state index >= 15 is 0 Å². The summed E-state index contributed by atoms with van der Waals surface area (Å²) in [5.41, 5.74) is 3.23. The summed E-state index contributed by atoms with van der Waals surface area (Å²) in [4.78, 5) is 14.1. The first kappa shape index (κ1) is 19.1. The highest BCUT2D eigenvalue weighted by Gasteiger charge is 2.64. The monoisotopic (exact) mass is 385 g/mol. The number of carbonyl (C=O) groups is 1. The second kappa shape index (κ2) is 6.97. The second-order valence-corrected chi connectivity index (χ2v) is 9.71. The number of Topliss-reactive ketones (excluding diaryl/α,β-unsaturated/α-hetero) is 1. The van der Waals surface area contributed by atoms with E-state index in [-0.39, 0.29) is 11.2 Å². The van der Waals surface area contributed by atoms with Crippen molar-refractivity contribution in [3.8, 4) is 0 Å². The third kappa shape index (κ3) is 2.96. The molecule has 1 saturated carbocycles. The molecule has 3 aliphatic rings. The summed E-state index contributed by atoms with van der Waals surface area (Å²) < 4.78 is 5.61. The van der Waals surface area contributed by atoms with Crippen LogP contribution in [0.4, 0.5) is 0 Å². The van der Waals surface area contributed by atoms with E-state index in [4.69, 9.17) is 17.0 Å². The zero-order chi connectivity index (χ0) is 19.2. The van der Waals surface area contributed by atoms with Gasteiger partial charge in [0.15, 0.2) is 5.78 Å². The van der Waals surface area contributed by atoms with Gasteiger partial charge in [-0.2, -0.15) is 0 Å². The van der Waals surface area contributed by atoms with Gasteiger partial charge in [0.25, 0.3) is 0 Å². The molecule has 0 aromatic heterocycles. The summed E-state index contributed by atoms with van der Waals surface area (Å²) >= 11 is 5.49. The summed E-state index contributed by atoms with van der Waals surface area (Å²) in [5.74, 6) is 0.963. The van der Waals surface area contributed by atoms with Gasteiger partial charge in [-0.15, -0.1) is 0 Å². The van der Waals surface area contributed by atoms with Crippen molar-refractivity contribution >= 4 is 23.0 Å². The van der Waals surface area contributed by atoms with Crippen molar-refractivity contribution in [3.63, 3.8) is 0 Å². The standard InChI is InChI=1S/C23H31NO2S/c1-15(2)4-5-16-6-7-17-14-22(10-8-18(26-3)9-11-22)23(19(17)12-16)20(25)13-21(27)24-23/h6-7,12,15,18H,4-5,8-11,13-14H2,1-3H3,(H,24,27). The Morgan fingerprint density at radius 3 is 2.63 bits per heavy atom. The number of aryl methyl sites for hydroxylation is 1. The van der Waals surface area contributed by atoms with E-state index in [0.717, 1.165) is 38.5 Å². The van der Waals surface area contributed by atoms with Crippen molar-refractivity contribution in [1.82, 2.24) is 5.32 Å². The van der Waals surface area contributed by atoms with Gasteiger partial charge in [-0.1, -0.05) is 44.3 Å². The van der Waals surface area contributed by atoms with Crippen LogP contribution in [0.15, 0.2) is 18.2 Å². The number of nitrogens with one attached hydrogen (secondary N) is 1. The van der Waals surface area contributed by atoms with Gasteiger partial charge in [0.05, 0.1) is 17.5 Å². The van der Waals surface area contributed by atoms with Crippen LogP contribution in [0, 0.1) is 11.3 Å². The molecule has 1 aromatic rings. The molecule has 1 aliphatic heterocycles. The minimum atomic E-state index is -0.605. The lowest BCUT2D eigenvalue weighted by Gasteiger charge is -2.47. The van der Waals surface area contributed by atoms with Crippen LogP contribution in [0.3, 0.4) is 0 Å². The highest BCUT2D eigenvalue weighted by Crippen LogP contribution is 2.60. The van der Waals surface area contributed by atoms with E-state index in [9.17, 15) is 4.79 Å². The van der Waals surface area contributed by atoms with Crippen LogP contribution < -0.4 is 5.32 Å². The molecule has 0 amide bonds. The average Bonchev–Trinajstić information content (AvgIpc) is 3.09. The van der Waals surface area contributed by atoms with Crippen LogP contribution in [0.25, 0.3) is 0 Å². The third-order valence-electron chi connectivity index (χ3n) is 7.20.